The molecule has 1 saturated carbocycles. The maximum absolute atomic E-state index is 12.7. The highest BCUT2D eigenvalue weighted by Crippen LogP contribution is 2.38. The Hall–Kier alpha value is -0.820. The molecule has 2 aliphatic rings. The zero-order chi connectivity index (χ0) is 15.7. The smallest absolute Gasteiger partial charge is 0.391 e. The van der Waals surface area contributed by atoms with Crippen molar-refractivity contribution >= 4 is 5.97 Å². The minimum absolute atomic E-state index is 0.0913. The summed E-state index contributed by atoms with van der Waals surface area (Å²) >= 11 is 0. The minimum atomic E-state index is -4.09. The van der Waals surface area contributed by atoms with Crippen LogP contribution in [-0.4, -0.2) is 48.3 Å². The molecule has 0 amide bonds. The Morgan fingerprint density at radius 1 is 1.33 bits per heavy atom. The summed E-state index contributed by atoms with van der Waals surface area (Å²) in [5.41, 5.74) is 5.13. The molecule has 7 heteroatoms. The standard InChI is InChI=1S/C14H23F3N2O2/c1-2-21-12(20)13(18)6-3-11(9-13)19-7-4-10(5-8-19)14(15,16)17/h10-11H,2-9,18H2,1H3. The van der Waals surface area contributed by atoms with Gasteiger partial charge in [-0.25, -0.2) is 0 Å². The Bertz CT molecular complexity index is 381. The molecule has 4 nitrogen and oxygen atoms in total. The van der Waals surface area contributed by atoms with Gasteiger partial charge in [-0.15, -0.1) is 0 Å². The fraction of sp³-hybridized carbons (Fsp3) is 0.929. The lowest BCUT2D eigenvalue weighted by Crippen LogP contribution is -2.49. The Morgan fingerprint density at radius 3 is 2.48 bits per heavy atom. The van der Waals surface area contributed by atoms with Crippen LogP contribution in [0.25, 0.3) is 0 Å². The van der Waals surface area contributed by atoms with Crippen molar-refractivity contribution in [2.45, 2.75) is 56.8 Å². The van der Waals surface area contributed by atoms with E-state index in [0.717, 1.165) is 6.42 Å². The molecule has 2 N–H and O–H groups in total. The van der Waals surface area contributed by atoms with Crippen molar-refractivity contribution in [3.8, 4) is 0 Å². The van der Waals surface area contributed by atoms with Crippen LogP contribution in [0.2, 0.25) is 0 Å². The largest absolute Gasteiger partial charge is 0.465 e. The van der Waals surface area contributed by atoms with E-state index in [1.165, 1.54) is 0 Å². The number of carbonyl (C=O) groups excluding carboxylic acids is 1. The zero-order valence-electron chi connectivity index (χ0n) is 12.3. The lowest BCUT2D eigenvalue weighted by Gasteiger charge is -2.37. The van der Waals surface area contributed by atoms with Crippen LogP contribution in [0, 0.1) is 5.92 Å². The maximum Gasteiger partial charge on any atom is 0.391 e. The van der Waals surface area contributed by atoms with Crippen LogP contribution in [0.1, 0.15) is 39.0 Å². The second kappa shape index (κ2) is 6.12. The summed E-state index contributed by atoms with van der Waals surface area (Å²) < 4.78 is 43.0. The highest BCUT2D eigenvalue weighted by molar-refractivity contribution is 5.81. The van der Waals surface area contributed by atoms with Gasteiger partial charge in [0, 0.05) is 6.04 Å². The van der Waals surface area contributed by atoms with E-state index in [9.17, 15) is 18.0 Å². The number of rotatable bonds is 3. The molecule has 1 aliphatic heterocycles. The number of alkyl halides is 3. The Labute approximate surface area is 122 Å². The molecular formula is C14H23F3N2O2. The van der Waals surface area contributed by atoms with Crippen molar-refractivity contribution in [2.24, 2.45) is 11.7 Å². The average Bonchev–Trinajstić information content (AvgIpc) is 2.82. The van der Waals surface area contributed by atoms with Gasteiger partial charge in [0.15, 0.2) is 0 Å². The normalized spacial score (nSPS) is 32.3. The van der Waals surface area contributed by atoms with E-state index >= 15 is 0 Å². The second-order valence-electron chi connectivity index (χ2n) is 6.13. The number of hydrogen-bond acceptors (Lipinski definition) is 4. The molecule has 1 heterocycles. The summed E-state index contributed by atoms with van der Waals surface area (Å²) in [6, 6.07) is 0.0913. The van der Waals surface area contributed by atoms with Gasteiger partial charge in [-0.05, 0) is 52.1 Å². The van der Waals surface area contributed by atoms with E-state index in [0.29, 0.717) is 32.5 Å². The molecule has 0 aromatic heterocycles. The SMILES string of the molecule is CCOC(=O)C1(N)CCC(N2CCC(C(F)(F)F)CC2)C1. The third-order valence-corrected chi connectivity index (χ3v) is 4.71. The van der Waals surface area contributed by atoms with Crippen molar-refractivity contribution in [1.29, 1.82) is 0 Å². The van der Waals surface area contributed by atoms with E-state index < -0.39 is 23.6 Å². The molecule has 0 aromatic rings. The Balaban J connectivity index is 1.87. The number of nitrogens with two attached hydrogens (primary N) is 1. The first kappa shape index (κ1) is 16.5. The third-order valence-electron chi connectivity index (χ3n) is 4.71. The van der Waals surface area contributed by atoms with E-state index in [4.69, 9.17) is 10.5 Å². The molecule has 0 aromatic carbocycles. The predicted octanol–water partition coefficient (Wildman–Crippen LogP) is 2.07. The van der Waals surface area contributed by atoms with E-state index in [1.54, 1.807) is 6.92 Å². The van der Waals surface area contributed by atoms with Crippen LogP contribution >= 0.6 is 0 Å². The molecule has 2 atom stereocenters. The van der Waals surface area contributed by atoms with Crippen molar-refractivity contribution in [1.82, 2.24) is 4.90 Å². The van der Waals surface area contributed by atoms with E-state index in [-0.39, 0.29) is 18.9 Å². The van der Waals surface area contributed by atoms with Crippen LogP contribution in [0.3, 0.4) is 0 Å². The van der Waals surface area contributed by atoms with Crippen LogP contribution < -0.4 is 5.73 Å². The molecule has 1 aliphatic carbocycles. The van der Waals surface area contributed by atoms with Crippen molar-refractivity contribution < 1.29 is 22.7 Å². The summed E-state index contributed by atoms with van der Waals surface area (Å²) in [6.07, 6.45) is -2.07. The zero-order valence-corrected chi connectivity index (χ0v) is 12.3. The summed E-state index contributed by atoms with van der Waals surface area (Å²) in [7, 11) is 0. The minimum Gasteiger partial charge on any atom is -0.465 e. The summed E-state index contributed by atoms with van der Waals surface area (Å²) in [5, 5.41) is 0. The van der Waals surface area contributed by atoms with Gasteiger partial charge >= 0.3 is 12.1 Å². The van der Waals surface area contributed by atoms with Crippen molar-refractivity contribution in [2.75, 3.05) is 19.7 Å². The first-order chi connectivity index (χ1) is 9.76. The molecule has 0 bridgehead atoms. The number of halogens is 3. The summed E-state index contributed by atoms with van der Waals surface area (Å²) in [6.45, 7) is 2.87. The topological polar surface area (TPSA) is 55.6 Å². The molecule has 1 saturated heterocycles. The number of likely N-dealkylation sites (tertiary alicyclic amines) is 1. The Kier molecular flexibility index (Phi) is 4.82. The number of carbonyl (C=O) groups is 1. The van der Waals surface area contributed by atoms with Gasteiger partial charge in [0.05, 0.1) is 12.5 Å². The van der Waals surface area contributed by atoms with E-state index in [1.807, 2.05) is 0 Å². The van der Waals surface area contributed by atoms with Gasteiger partial charge < -0.3 is 15.4 Å². The molecule has 21 heavy (non-hydrogen) atoms. The number of piperidine rings is 1. The summed E-state index contributed by atoms with van der Waals surface area (Å²) in [4.78, 5) is 13.9. The predicted molar refractivity (Wildman–Crippen MR) is 71.5 cm³/mol. The van der Waals surface area contributed by atoms with Crippen molar-refractivity contribution in [3.63, 3.8) is 0 Å². The fourth-order valence-electron chi connectivity index (χ4n) is 3.41. The fourth-order valence-corrected chi connectivity index (χ4v) is 3.41. The molecule has 0 radical (unpaired) electrons. The van der Waals surface area contributed by atoms with Crippen LogP contribution in [0.4, 0.5) is 13.2 Å². The summed E-state index contributed by atoms with van der Waals surface area (Å²) in [5.74, 6) is -1.58. The Morgan fingerprint density at radius 2 is 1.95 bits per heavy atom. The van der Waals surface area contributed by atoms with Gasteiger partial charge in [0.1, 0.15) is 5.54 Å². The molecule has 2 unspecified atom stereocenters. The maximum atomic E-state index is 12.7. The molecule has 122 valence electrons. The van der Waals surface area contributed by atoms with Gasteiger partial charge in [-0.3, -0.25) is 4.79 Å². The second-order valence-corrected chi connectivity index (χ2v) is 6.13. The molecule has 2 rings (SSSR count). The highest BCUT2D eigenvalue weighted by Gasteiger charge is 2.47. The number of hydrogen-bond donors (Lipinski definition) is 1. The van der Waals surface area contributed by atoms with Gasteiger partial charge in [-0.1, -0.05) is 0 Å². The van der Waals surface area contributed by atoms with Crippen molar-refractivity contribution in [3.05, 3.63) is 0 Å². The van der Waals surface area contributed by atoms with Crippen LogP contribution in [-0.2, 0) is 9.53 Å². The quantitative estimate of drug-likeness (QED) is 0.811. The first-order valence-corrected chi connectivity index (χ1v) is 7.53. The lowest BCUT2D eigenvalue weighted by atomic mass is 9.94. The van der Waals surface area contributed by atoms with Gasteiger partial charge in [-0.2, -0.15) is 13.2 Å². The van der Waals surface area contributed by atoms with Crippen LogP contribution in [0.15, 0.2) is 0 Å². The number of esters is 1. The molecular weight excluding hydrogens is 285 g/mol. The molecule has 2 fully saturated rings. The average molecular weight is 308 g/mol. The van der Waals surface area contributed by atoms with Gasteiger partial charge in [0.25, 0.3) is 0 Å². The number of ether oxygens (including phenoxy) is 1. The first-order valence-electron chi connectivity index (χ1n) is 7.53. The monoisotopic (exact) mass is 308 g/mol. The number of nitrogens with zero attached hydrogens (tertiary/aromatic N) is 1. The van der Waals surface area contributed by atoms with Crippen LogP contribution in [0.5, 0.6) is 0 Å². The molecule has 0 spiro atoms. The highest BCUT2D eigenvalue weighted by atomic mass is 19.4. The van der Waals surface area contributed by atoms with E-state index in [2.05, 4.69) is 4.90 Å². The van der Waals surface area contributed by atoms with Gasteiger partial charge in [0.2, 0.25) is 0 Å². The third kappa shape index (κ3) is 3.69. The lowest BCUT2D eigenvalue weighted by molar-refractivity contribution is -0.186.